The summed E-state index contributed by atoms with van der Waals surface area (Å²) in [6.07, 6.45) is 13.6. The van der Waals surface area contributed by atoms with Crippen molar-refractivity contribution in [2.24, 2.45) is 0 Å². The maximum atomic E-state index is 10.4. The van der Waals surface area contributed by atoms with Gasteiger partial charge in [0.2, 0.25) is 0 Å². The van der Waals surface area contributed by atoms with E-state index in [2.05, 4.69) is 6.92 Å². The van der Waals surface area contributed by atoms with Gasteiger partial charge in [-0.05, 0) is 19.3 Å². The maximum Gasteiger partial charge on any atom is 0.303 e. The number of aliphatic hydroxyl groups excluding tert-OH is 1. The van der Waals surface area contributed by atoms with Crippen molar-refractivity contribution in [3.05, 3.63) is 0 Å². The Morgan fingerprint density at radius 1 is 1.00 bits per heavy atom. The third kappa shape index (κ3) is 9.42. The van der Waals surface area contributed by atoms with E-state index in [0.29, 0.717) is 0 Å². The van der Waals surface area contributed by atoms with E-state index >= 15 is 0 Å². The van der Waals surface area contributed by atoms with Crippen molar-refractivity contribution in [1.29, 1.82) is 0 Å². The fraction of sp³-hybridized carbons (Fsp3) is 0.944. The summed E-state index contributed by atoms with van der Waals surface area (Å²) in [7, 11) is 0. The van der Waals surface area contributed by atoms with Crippen molar-refractivity contribution < 1.29 is 19.7 Å². The van der Waals surface area contributed by atoms with Crippen molar-refractivity contribution in [2.45, 2.75) is 109 Å². The predicted molar refractivity (Wildman–Crippen MR) is 88.0 cm³/mol. The molecule has 0 amide bonds. The second-order valence-corrected chi connectivity index (χ2v) is 6.61. The summed E-state index contributed by atoms with van der Waals surface area (Å²) in [5, 5.41) is 18.6. The highest BCUT2D eigenvalue weighted by molar-refractivity contribution is 5.66. The molecule has 22 heavy (non-hydrogen) atoms. The highest BCUT2D eigenvalue weighted by atomic mass is 16.6. The Morgan fingerprint density at radius 3 is 2.36 bits per heavy atom. The first-order valence-corrected chi connectivity index (χ1v) is 9.20. The van der Waals surface area contributed by atoms with Crippen LogP contribution in [0.15, 0.2) is 0 Å². The maximum absolute atomic E-state index is 10.4. The van der Waals surface area contributed by atoms with Crippen molar-refractivity contribution in [2.75, 3.05) is 0 Å². The summed E-state index contributed by atoms with van der Waals surface area (Å²) in [6.45, 7) is 2.21. The third-order valence-corrected chi connectivity index (χ3v) is 4.48. The zero-order valence-electron chi connectivity index (χ0n) is 14.1. The van der Waals surface area contributed by atoms with E-state index in [0.717, 1.165) is 51.4 Å². The minimum Gasteiger partial charge on any atom is -0.481 e. The Bertz CT molecular complexity index is 293. The van der Waals surface area contributed by atoms with Gasteiger partial charge in [0.15, 0.2) is 0 Å². The largest absolute Gasteiger partial charge is 0.481 e. The molecule has 3 atom stereocenters. The molecule has 4 nitrogen and oxygen atoms in total. The van der Waals surface area contributed by atoms with Gasteiger partial charge >= 0.3 is 5.97 Å². The molecule has 2 N–H and O–H groups in total. The molecule has 0 aliphatic carbocycles. The van der Waals surface area contributed by atoms with E-state index < -0.39 is 5.97 Å². The number of hydrogen-bond acceptors (Lipinski definition) is 3. The molecule has 1 aliphatic heterocycles. The molecule has 0 saturated carbocycles. The third-order valence-electron chi connectivity index (χ3n) is 4.48. The number of hydrogen-bond donors (Lipinski definition) is 2. The van der Waals surface area contributed by atoms with Crippen LogP contribution in [0.3, 0.4) is 0 Å². The molecule has 0 aromatic heterocycles. The number of ether oxygens (including phenoxy) is 1. The van der Waals surface area contributed by atoms with Crippen LogP contribution < -0.4 is 0 Å². The number of epoxide rings is 1. The standard InChI is InChI=1S/C18H34O4/c1-2-3-4-6-9-12-15(19)18-16(22-18)13-10-7-5-8-11-14-17(20)21/h15-16,18-19H,2-14H2,1H3,(H,20,21). The van der Waals surface area contributed by atoms with E-state index in [1.807, 2.05) is 0 Å². The van der Waals surface area contributed by atoms with Crippen LogP contribution in [0.4, 0.5) is 0 Å². The molecule has 1 aliphatic rings. The van der Waals surface area contributed by atoms with Crippen LogP contribution >= 0.6 is 0 Å². The Morgan fingerprint density at radius 2 is 1.64 bits per heavy atom. The second-order valence-electron chi connectivity index (χ2n) is 6.61. The zero-order chi connectivity index (χ0) is 16.2. The number of unbranched alkanes of at least 4 members (excludes halogenated alkanes) is 8. The Labute approximate surface area is 135 Å². The van der Waals surface area contributed by atoms with Gasteiger partial charge in [0.1, 0.15) is 6.10 Å². The van der Waals surface area contributed by atoms with Crippen LogP contribution in [0.25, 0.3) is 0 Å². The summed E-state index contributed by atoms with van der Waals surface area (Å²) in [5.74, 6) is -0.696. The fourth-order valence-electron chi connectivity index (χ4n) is 3.00. The summed E-state index contributed by atoms with van der Waals surface area (Å²) in [6, 6.07) is 0. The van der Waals surface area contributed by atoms with Crippen molar-refractivity contribution >= 4 is 5.97 Å². The highest BCUT2D eigenvalue weighted by Crippen LogP contribution is 2.32. The van der Waals surface area contributed by atoms with Crippen LogP contribution in [0.1, 0.15) is 90.4 Å². The first kappa shape index (κ1) is 19.4. The van der Waals surface area contributed by atoms with Gasteiger partial charge in [-0.3, -0.25) is 4.79 Å². The first-order valence-electron chi connectivity index (χ1n) is 9.20. The van der Waals surface area contributed by atoms with Gasteiger partial charge in [0.05, 0.1) is 12.2 Å². The number of aliphatic carboxylic acids is 1. The number of carboxylic acid groups (broad SMARTS) is 1. The van der Waals surface area contributed by atoms with Gasteiger partial charge in [0, 0.05) is 6.42 Å². The van der Waals surface area contributed by atoms with Gasteiger partial charge < -0.3 is 14.9 Å². The Balaban J connectivity index is 1.87. The number of rotatable bonds is 15. The quantitative estimate of drug-likeness (QED) is 0.349. The first-order chi connectivity index (χ1) is 10.6. The van der Waals surface area contributed by atoms with Gasteiger partial charge in [0.25, 0.3) is 0 Å². The Hall–Kier alpha value is -0.610. The zero-order valence-corrected chi connectivity index (χ0v) is 14.1. The van der Waals surface area contributed by atoms with Gasteiger partial charge in [-0.1, -0.05) is 64.7 Å². The molecular weight excluding hydrogens is 280 g/mol. The summed E-state index contributed by atoms with van der Waals surface area (Å²) in [4.78, 5) is 10.4. The van der Waals surface area contributed by atoms with E-state index in [1.54, 1.807) is 0 Å². The molecule has 0 aromatic carbocycles. The molecule has 1 fully saturated rings. The summed E-state index contributed by atoms with van der Waals surface area (Å²) >= 11 is 0. The van der Waals surface area contributed by atoms with E-state index in [4.69, 9.17) is 9.84 Å². The van der Waals surface area contributed by atoms with Crippen LogP contribution in [0, 0.1) is 0 Å². The van der Waals surface area contributed by atoms with Crippen LogP contribution in [-0.2, 0) is 9.53 Å². The average molecular weight is 314 g/mol. The lowest BCUT2D eigenvalue weighted by Gasteiger charge is -2.07. The van der Waals surface area contributed by atoms with Crippen molar-refractivity contribution in [3.8, 4) is 0 Å². The summed E-state index contributed by atoms with van der Waals surface area (Å²) < 4.78 is 5.59. The lowest BCUT2D eigenvalue weighted by molar-refractivity contribution is -0.137. The fourth-order valence-corrected chi connectivity index (χ4v) is 3.00. The van der Waals surface area contributed by atoms with Gasteiger partial charge in [-0.2, -0.15) is 0 Å². The molecule has 1 saturated heterocycles. The number of carboxylic acids is 1. The molecule has 0 spiro atoms. The smallest absolute Gasteiger partial charge is 0.303 e. The lowest BCUT2D eigenvalue weighted by atomic mass is 10.0. The van der Waals surface area contributed by atoms with Gasteiger partial charge in [-0.15, -0.1) is 0 Å². The van der Waals surface area contributed by atoms with E-state index in [1.165, 1.54) is 25.7 Å². The van der Waals surface area contributed by atoms with Crippen LogP contribution in [-0.4, -0.2) is 34.5 Å². The molecule has 4 heteroatoms. The lowest BCUT2D eigenvalue weighted by Crippen LogP contribution is -2.16. The normalized spacial score (nSPS) is 21.7. The molecule has 0 aromatic rings. The minimum atomic E-state index is -0.696. The monoisotopic (exact) mass is 314 g/mol. The molecule has 3 unspecified atom stereocenters. The predicted octanol–water partition coefficient (Wildman–Crippen LogP) is 4.29. The average Bonchev–Trinajstić information content (AvgIpc) is 3.25. The van der Waals surface area contributed by atoms with E-state index in [-0.39, 0.29) is 24.7 Å². The molecule has 1 heterocycles. The Kier molecular flexibility index (Phi) is 10.5. The topological polar surface area (TPSA) is 70.1 Å². The van der Waals surface area contributed by atoms with Crippen molar-refractivity contribution in [3.63, 3.8) is 0 Å². The second kappa shape index (κ2) is 11.9. The SMILES string of the molecule is CCCCCCCC(O)C1OC1CCCCCCCC(=O)O. The minimum absolute atomic E-state index is 0.0817. The van der Waals surface area contributed by atoms with Crippen molar-refractivity contribution in [1.82, 2.24) is 0 Å². The van der Waals surface area contributed by atoms with Gasteiger partial charge in [-0.25, -0.2) is 0 Å². The molecule has 1 rings (SSSR count). The summed E-state index contributed by atoms with van der Waals surface area (Å²) in [5.41, 5.74) is 0. The molecule has 0 bridgehead atoms. The van der Waals surface area contributed by atoms with E-state index in [9.17, 15) is 9.90 Å². The molecular formula is C18H34O4. The van der Waals surface area contributed by atoms with Crippen LogP contribution in [0.2, 0.25) is 0 Å². The number of aliphatic hydroxyl groups is 1. The highest BCUT2D eigenvalue weighted by Gasteiger charge is 2.42. The van der Waals surface area contributed by atoms with Crippen LogP contribution in [0.5, 0.6) is 0 Å². The number of carbonyl (C=O) groups is 1. The molecule has 130 valence electrons. The molecule has 0 radical (unpaired) electrons.